The molecule has 0 aliphatic carbocycles. The maximum atomic E-state index is 13.4. The summed E-state index contributed by atoms with van der Waals surface area (Å²) in [5.74, 6) is 0.223. The van der Waals surface area contributed by atoms with E-state index in [1.807, 2.05) is 72.6 Å². The summed E-state index contributed by atoms with van der Waals surface area (Å²) in [6, 6.07) is 26.9. The molecule has 0 N–H and O–H groups in total. The molecule has 3 aromatic rings. The molecule has 5 nitrogen and oxygen atoms in total. The number of halogens is 1. The van der Waals surface area contributed by atoms with E-state index < -0.39 is 0 Å². The van der Waals surface area contributed by atoms with Crippen LogP contribution in [-0.2, 0) is 22.4 Å². The summed E-state index contributed by atoms with van der Waals surface area (Å²) in [5.41, 5.74) is 2.82. The molecule has 4 rings (SSSR count). The highest BCUT2D eigenvalue weighted by atomic mass is 35.5. The van der Waals surface area contributed by atoms with E-state index >= 15 is 0 Å². The van der Waals surface area contributed by atoms with Crippen molar-refractivity contribution in [2.24, 2.45) is 0 Å². The van der Waals surface area contributed by atoms with Crippen molar-refractivity contribution in [3.63, 3.8) is 0 Å². The molecular weight excluding hydrogens is 460 g/mol. The van der Waals surface area contributed by atoms with Gasteiger partial charge < -0.3 is 14.5 Å². The average Bonchev–Trinajstić information content (AvgIpc) is 3.38. The Morgan fingerprint density at radius 3 is 2.00 bits per heavy atom. The van der Waals surface area contributed by atoms with Crippen molar-refractivity contribution < 1.29 is 14.3 Å². The number of carbonyl (C=O) groups excluding carboxylic acids is 2. The predicted molar refractivity (Wildman–Crippen MR) is 141 cm³/mol. The molecule has 1 atom stereocenters. The van der Waals surface area contributed by atoms with E-state index in [1.165, 1.54) is 12.8 Å². The Hall–Kier alpha value is -3.15. The second kappa shape index (κ2) is 13.1. The summed E-state index contributed by atoms with van der Waals surface area (Å²) in [5, 5.41) is 0. The van der Waals surface area contributed by atoms with Gasteiger partial charge in [0.1, 0.15) is 5.75 Å². The number of nitrogens with zero attached hydrogens (tertiary/aromatic N) is 2. The summed E-state index contributed by atoms with van der Waals surface area (Å²) >= 11 is 0. The smallest absolute Gasteiger partial charge is 0.315 e. The first kappa shape index (κ1) is 26.5. The van der Waals surface area contributed by atoms with Crippen LogP contribution in [0.2, 0.25) is 0 Å². The van der Waals surface area contributed by atoms with Crippen LogP contribution < -0.4 is 4.74 Å². The first-order chi connectivity index (χ1) is 16.6. The van der Waals surface area contributed by atoms with Crippen LogP contribution in [0.3, 0.4) is 0 Å². The number of carbonyl (C=O) groups is 2. The monoisotopic (exact) mass is 492 g/mol. The number of likely N-dealkylation sites (N-methyl/N-ethyl adjacent to an activating group) is 1. The Morgan fingerprint density at radius 1 is 0.829 bits per heavy atom. The molecule has 1 fully saturated rings. The molecule has 6 heteroatoms. The summed E-state index contributed by atoms with van der Waals surface area (Å²) in [6.07, 6.45) is 2.80. The maximum absolute atomic E-state index is 13.4. The van der Waals surface area contributed by atoms with Gasteiger partial charge in [-0.25, -0.2) is 0 Å². The lowest BCUT2D eigenvalue weighted by Crippen LogP contribution is -2.39. The first-order valence-corrected chi connectivity index (χ1v) is 12.0. The minimum Gasteiger partial charge on any atom is -0.426 e. The number of hydrogen-bond donors (Lipinski definition) is 0. The van der Waals surface area contributed by atoms with Crippen molar-refractivity contribution in [1.82, 2.24) is 9.80 Å². The summed E-state index contributed by atoms with van der Waals surface area (Å²) in [6.45, 7) is 2.99. The van der Waals surface area contributed by atoms with Gasteiger partial charge in [0, 0.05) is 13.6 Å². The number of para-hydroxylation sites is 1. The van der Waals surface area contributed by atoms with Crippen LogP contribution in [-0.4, -0.2) is 48.4 Å². The molecule has 1 amide bonds. The molecule has 1 heterocycles. The standard InChI is InChI=1S/C29H32N2O3.ClH/c1-30(27(22-31-18-10-11-19-31)23-12-4-2-5-13-23)28(32)20-24-14-8-9-15-25(24)21-29(33)34-26-16-6-3-7-17-26;/h2-9,12-17,27H,10-11,18-22H2,1H3;1H/t27-;/m1./s1. The number of ether oxygens (including phenoxy) is 1. The largest absolute Gasteiger partial charge is 0.426 e. The highest BCUT2D eigenvalue weighted by Gasteiger charge is 2.26. The highest BCUT2D eigenvalue weighted by molar-refractivity contribution is 5.85. The van der Waals surface area contributed by atoms with Crippen molar-refractivity contribution in [2.45, 2.75) is 31.7 Å². The van der Waals surface area contributed by atoms with E-state index in [1.54, 1.807) is 12.1 Å². The van der Waals surface area contributed by atoms with E-state index in [4.69, 9.17) is 4.74 Å². The molecule has 184 valence electrons. The third kappa shape index (κ3) is 7.41. The van der Waals surface area contributed by atoms with Crippen molar-refractivity contribution in [3.05, 3.63) is 102 Å². The minimum atomic E-state index is -0.337. The Kier molecular flexibility index (Phi) is 9.88. The third-order valence-corrected chi connectivity index (χ3v) is 6.44. The molecule has 1 aliphatic heterocycles. The zero-order valence-corrected chi connectivity index (χ0v) is 21.0. The molecule has 0 radical (unpaired) electrons. The summed E-state index contributed by atoms with van der Waals surface area (Å²) in [4.78, 5) is 30.2. The summed E-state index contributed by atoms with van der Waals surface area (Å²) in [7, 11) is 1.89. The second-order valence-corrected chi connectivity index (χ2v) is 8.85. The molecule has 0 saturated carbocycles. The number of likely N-dealkylation sites (tertiary alicyclic amines) is 1. The zero-order chi connectivity index (χ0) is 23.8. The fraction of sp³-hybridized carbons (Fsp3) is 0.310. The van der Waals surface area contributed by atoms with Gasteiger partial charge in [0.15, 0.2) is 0 Å². The lowest BCUT2D eigenvalue weighted by atomic mass is 10.00. The van der Waals surface area contributed by atoms with Gasteiger partial charge in [0.25, 0.3) is 0 Å². The fourth-order valence-electron chi connectivity index (χ4n) is 4.51. The van der Waals surface area contributed by atoms with Crippen LogP contribution in [0.5, 0.6) is 5.75 Å². The zero-order valence-electron chi connectivity index (χ0n) is 20.1. The SMILES string of the molecule is CN(C(=O)Cc1ccccc1CC(=O)Oc1ccccc1)[C@H](CN1CCCC1)c1ccccc1.Cl. The van der Waals surface area contributed by atoms with Crippen LogP contribution in [0.25, 0.3) is 0 Å². The molecular formula is C29H33ClN2O3. The van der Waals surface area contributed by atoms with Gasteiger partial charge in [0.05, 0.1) is 18.9 Å². The quantitative estimate of drug-likeness (QED) is 0.308. The van der Waals surface area contributed by atoms with Gasteiger partial charge in [-0.15, -0.1) is 12.4 Å². The maximum Gasteiger partial charge on any atom is 0.315 e. The highest BCUT2D eigenvalue weighted by Crippen LogP contribution is 2.24. The van der Waals surface area contributed by atoms with Crippen LogP contribution >= 0.6 is 12.4 Å². The molecule has 0 aromatic heterocycles. The Bertz CT molecular complexity index is 1090. The van der Waals surface area contributed by atoms with Gasteiger partial charge in [-0.3, -0.25) is 9.59 Å². The van der Waals surface area contributed by atoms with Crippen molar-refractivity contribution >= 4 is 24.3 Å². The van der Waals surface area contributed by atoms with Gasteiger partial charge in [-0.2, -0.15) is 0 Å². The number of amides is 1. The number of esters is 1. The van der Waals surface area contributed by atoms with E-state index in [0.29, 0.717) is 5.75 Å². The topological polar surface area (TPSA) is 49.9 Å². The normalized spacial score (nSPS) is 14.1. The van der Waals surface area contributed by atoms with Gasteiger partial charge in [0.2, 0.25) is 5.91 Å². The molecule has 1 saturated heterocycles. The molecule has 0 spiro atoms. The molecule has 1 aliphatic rings. The molecule has 0 bridgehead atoms. The summed E-state index contributed by atoms with van der Waals surface area (Å²) < 4.78 is 5.46. The molecule has 0 unspecified atom stereocenters. The second-order valence-electron chi connectivity index (χ2n) is 8.85. The Balaban J connectivity index is 0.00000342. The molecule has 3 aromatic carbocycles. The number of benzene rings is 3. The van der Waals surface area contributed by atoms with Crippen molar-refractivity contribution in [3.8, 4) is 5.75 Å². The van der Waals surface area contributed by atoms with E-state index in [2.05, 4.69) is 17.0 Å². The van der Waals surface area contributed by atoms with Gasteiger partial charge in [-0.05, 0) is 54.8 Å². The Morgan fingerprint density at radius 2 is 1.37 bits per heavy atom. The van der Waals surface area contributed by atoms with Gasteiger partial charge in [-0.1, -0.05) is 72.8 Å². The molecule has 35 heavy (non-hydrogen) atoms. The number of hydrogen-bond acceptors (Lipinski definition) is 4. The third-order valence-electron chi connectivity index (χ3n) is 6.44. The predicted octanol–water partition coefficient (Wildman–Crippen LogP) is 5.09. The van der Waals surface area contributed by atoms with Crippen LogP contribution in [0.4, 0.5) is 0 Å². The van der Waals surface area contributed by atoms with Crippen LogP contribution in [0, 0.1) is 0 Å². The van der Waals surface area contributed by atoms with Crippen LogP contribution in [0.15, 0.2) is 84.9 Å². The van der Waals surface area contributed by atoms with Crippen LogP contribution in [0.1, 0.15) is 35.6 Å². The minimum absolute atomic E-state index is 0. The van der Waals surface area contributed by atoms with E-state index in [9.17, 15) is 9.59 Å². The fourth-order valence-corrected chi connectivity index (χ4v) is 4.51. The van der Waals surface area contributed by atoms with Crippen molar-refractivity contribution in [2.75, 3.05) is 26.7 Å². The Labute approximate surface area is 214 Å². The van der Waals surface area contributed by atoms with Crippen molar-refractivity contribution in [1.29, 1.82) is 0 Å². The van der Waals surface area contributed by atoms with Gasteiger partial charge >= 0.3 is 5.97 Å². The average molecular weight is 493 g/mol. The van der Waals surface area contributed by atoms with E-state index in [0.717, 1.165) is 36.3 Å². The number of rotatable bonds is 9. The lowest BCUT2D eigenvalue weighted by molar-refractivity contribution is -0.134. The first-order valence-electron chi connectivity index (χ1n) is 12.0. The van der Waals surface area contributed by atoms with E-state index in [-0.39, 0.29) is 43.2 Å². The lowest BCUT2D eigenvalue weighted by Gasteiger charge is -2.32.